The van der Waals surface area contributed by atoms with Gasteiger partial charge in [-0.15, -0.1) is 0 Å². The van der Waals surface area contributed by atoms with E-state index in [9.17, 15) is 9.59 Å². The highest BCUT2D eigenvalue weighted by molar-refractivity contribution is 6.23. The fourth-order valence-corrected chi connectivity index (χ4v) is 1.57. The van der Waals surface area contributed by atoms with Crippen LogP contribution >= 0.6 is 0 Å². The second-order valence-electron chi connectivity index (χ2n) is 3.26. The van der Waals surface area contributed by atoms with Crippen molar-refractivity contribution in [1.29, 1.82) is 0 Å². The number of aromatic nitrogens is 1. The number of aryl methyl sites for hydroxylation is 1. The molecule has 0 bridgehead atoms. The Balaban J connectivity index is 2.67. The SMILES string of the molecule is COC1=CC(=O)c2c(C)ccnc2C1=O. The van der Waals surface area contributed by atoms with Crippen molar-refractivity contribution in [2.24, 2.45) is 0 Å². The Hall–Kier alpha value is -1.97. The number of ketones is 2. The first-order valence-corrected chi connectivity index (χ1v) is 4.45. The molecule has 0 amide bonds. The summed E-state index contributed by atoms with van der Waals surface area (Å²) < 4.78 is 4.82. The topological polar surface area (TPSA) is 56.3 Å². The molecular weight excluding hydrogens is 194 g/mol. The maximum atomic E-state index is 11.7. The van der Waals surface area contributed by atoms with Crippen molar-refractivity contribution in [3.05, 3.63) is 40.9 Å². The molecule has 0 saturated carbocycles. The number of fused-ring (bicyclic) bond motifs is 1. The lowest BCUT2D eigenvalue weighted by atomic mass is 9.95. The molecule has 0 aliphatic heterocycles. The van der Waals surface area contributed by atoms with Gasteiger partial charge in [0.05, 0.1) is 12.7 Å². The summed E-state index contributed by atoms with van der Waals surface area (Å²) in [6.45, 7) is 1.78. The van der Waals surface area contributed by atoms with Crippen molar-refractivity contribution in [3.63, 3.8) is 0 Å². The highest BCUT2D eigenvalue weighted by atomic mass is 16.5. The molecule has 1 aliphatic rings. The van der Waals surface area contributed by atoms with Crippen molar-refractivity contribution in [2.45, 2.75) is 6.92 Å². The second kappa shape index (κ2) is 3.31. The van der Waals surface area contributed by atoms with E-state index in [4.69, 9.17) is 4.74 Å². The molecule has 0 N–H and O–H groups in total. The van der Waals surface area contributed by atoms with Crippen molar-refractivity contribution >= 4 is 11.6 Å². The third-order valence-corrected chi connectivity index (χ3v) is 2.33. The first kappa shape index (κ1) is 9.58. The Morgan fingerprint density at radius 1 is 1.33 bits per heavy atom. The molecule has 15 heavy (non-hydrogen) atoms. The van der Waals surface area contributed by atoms with Gasteiger partial charge in [-0.1, -0.05) is 0 Å². The van der Waals surface area contributed by atoms with E-state index in [2.05, 4.69) is 4.98 Å². The summed E-state index contributed by atoms with van der Waals surface area (Å²) in [4.78, 5) is 27.3. The normalized spacial score (nSPS) is 14.7. The number of carbonyl (C=O) groups excluding carboxylic acids is 2. The van der Waals surface area contributed by atoms with Crippen LogP contribution in [0.15, 0.2) is 24.1 Å². The van der Waals surface area contributed by atoms with Crippen molar-refractivity contribution in [2.75, 3.05) is 7.11 Å². The van der Waals surface area contributed by atoms with Gasteiger partial charge in [-0.3, -0.25) is 14.6 Å². The quantitative estimate of drug-likeness (QED) is 0.690. The van der Waals surface area contributed by atoms with E-state index in [1.54, 1.807) is 13.0 Å². The molecule has 0 saturated heterocycles. The maximum absolute atomic E-state index is 11.7. The zero-order chi connectivity index (χ0) is 11.0. The van der Waals surface area contributed by atoms with Crippen LogP contribution in [0.5, 0.6) is 0 Å². The molecule has 0 radical (unpaired) electrons. The molecule has 0 unspecified atom stereocenters. The molecular formula is C11H9NO3. The van der Waals surface area contributed by atoms with Crippen LogP contribution < -0.4 is 0 Å². The lowest BCUT2D eigenvalue weighted by Gasteiger charge is -2.14. The minimum atomic E-state index is -0.337. The van der Waals surface area contributed by atoms with E-state index in [0.29, 0.717) is 5.56 Å². The third-order valence-electron chi connectivity index (χ3n) is 2.33. The minimum Gasteiger partial charge on any atom is -0.492 e. The summed E-state index contributed by atoms with van der Waals surface area (Å²) >= 11 is 0. The van der Waals surface area contributed by atoms with Gasteiger partial charge in [-0.05, 0) is 18.6 Å². The van der Waals surface area contributed by atoms with Crippen LogP contribution in [0.2, 0.25) is 0 Å². The standard InChI is InChI=1S/C11H9NO3/c1-6-3-4-12-10-9(6)7(13)5-8(15-2)11(10)14/h3-5H,1-2H3. The predicted octanol–water partition coefficient (Wildman–Crippen LogP) is 1.30. The molecule has 1 aromatic rings. The van der Waals surface area contributed by atoms with Gasteiger partial charge in [0.15, 0.2) is 11.5 Å². The third kappa shape index (κ3) is 1.34. The first-order valence-electron chi connectivity index (χ1n) is 4.45. The van der Waals surface area contributed by atoms with Gasteiger partial charge in [-0.25, -0.2) is 0 Å². The lowest BCUT2D eigenvalue weighted by molar-refractivity contribution is 0.0911. The summed E-state index contributed by atoms with van der Waals surface area (Å²) in [6, 6.07) is 1.70. The zero-order valence-corrected chi connectivity index (χ0v) is 8.40. The number of allylic oxidation sites excluding steroid dienone is 2. The van der Waals surface area contributed by atoms with E-state index < -0.39 is 0 Å². The van der Waals surface area contributed by atoms with Gasteiger partial charge in [0.1, 0.15) is 5.69 Å². The number of hydrogen-bond acceptors (Lipinski definition) is 4. The molecule has 0 spiro atoms. The molecule has 4 heteroatoms. The monoisotopic (exact) mass is 203 g/mol. The maximum Gasteiger partial charge on any atom is 0.246 e. The summed E-state index contributed by atoms with van der Waals surface area (Å²) in [6.07, 6.45) is 2.72. The molecule has 1 heterocycles. The number of pyridine rings is 1. The Bertz CT molecular complexity index is 489. The number of Topliss-reactive ketones (excluding diaryl/α,β-unsaturated/α-hetero) is 1. The largest absolute Gasteiger partial charge is 0.492 e. The summed E-state index contributed by atoms with van der Waals surface area (Å²) in [5, 5.41) is 0. The van der Waals surface area contributed by atoms with Crippen LogP contribution in [-0.2, 0) is 4.74 Å². The van der Waals surface area contributed by atoms with Crippen LogP contribution in [0, 0.1) is 6.92 Å². The summed E-state index contributed by atoms with van der Waals surface area (Å²) in [5.41, 5.74) is 1.31. The Morgan fingerprint density at radius 2 is 2.07 bits per heavy atom. The number of ether oxygens (including phenoxy) is 1. The predicted molar refractivity (Wildman–Crippen MR) is 52.7 cm³/mol. The second-order valence-corrected chi connectivity index (χ2v) is 3.26. The van der Waals surface area contributed by atoms with Crippen LogP contribution in [0.25, 0.3) is 0 Å². The molecule has 1 aromatic heterocycles. The summed E-state index contributed by atoms with van der Waals surface area (Å²) in [7, 11) is 1.36. The zero-order valence-electron chi connectivity index (χ0n) is 8.40. The van der Waals surface area contributed by atoms with Gasteiger partial charge in [0.25, 0.3) is 0 Å². The number of carbonyl (C=O) groups is 2. The Kier molecular flexibility index (Phi) is 2.11. The molecule has 0 fully saturated rings. The van der Waals surface area contributed by atoms with Crippen molar-refractivity contribution < 1.29 is 14.3 Å². The summed E-state index contributed by atoms with van der Waals surface area (Å²) in [5.74, 6) is -0.520. The molecule has 0 aromatic carbocycles. The number of methoxy groups -OCH3 is 1. The highest BCUT2D eigenvalue weighted by Crippen LogP contribution is 2.22. The molecule has 0 atom stereocenters. The van der Waals surface area contributed by atoms with Gasteiger partial charge >= 0.3 is 0 Å². The molecule has 1 aliphatic carbocycles. The van der Waals surface area contributed by atoms with Gasteiger partial charge in [0.2, 0.25) is 5.78 Å². The fraction of sp³-hybridized carbons (Fsp3) is 0.182. The van der Waals surface area contributed by atoms with Crippen LogP contribution in [0.3, 0.4) is 0 Å². The van der Waals surface area contributed by atoms with Crippen LogP contribution in [0.1, 0.15) is 26.4 Å². The highest BCUT2D eigenvalue weighted by Gasteiger charge is 2.28. The molecule has 76 valence electrons. The average Bonchev–Trinajstić information content (AvgIpc) is 2.23. The van der Waals surface area contributed by atoms with E-state index in [1.165, 1.54) is 19.4 Å². The van der Waals surface area contributed by atoms with E-state index in [0.717, 1.165) is 5.56 Å². The van der Waals surface area contributed by atoms with Crippen molar-refractivity contribution in [3.8, 4) is 0 Å². The smallest absolute Gasteiger partial charge is 0.246 e. The van der Waals surface area contributed by atoms with Gasteiger partial charge in [-0.2, -0.15) is 0 Å². The average molecular weight is 203 g/mol. The Labute approximate surface area is 86.6 Å². The fourth-order valence-electron chi connectivity index (χ4n) is 1.57. The minimum absolute atomic E-state index is 0.0469. The van der Waals surface area contributed by atoms with E-state index in [-0.39, 0.29) is 23.0 Å². The first-order chi connectivity index (χ1) is 7.15. The Morgan fingerprint density at radius 3 is 2.73 bits per heavy atom. The number of hydrogen-bond donors (Lipinski definition) is 0. The lowest BCUT2D eigenvalue weighted by Crippen LogP contribution is -2.20. The van der Waals surface area contributed by atoms with E-state index in [1.807, 2.05) is 0 Å². The molecule has 2 rings (SSSR count). The van der Waals surface area contributed by atoms with E-state index >= 15 is 0 Å². The molecule has 4 nitrogen and oxygen atoms in total. The van der Waals surface area contributed by atoms with Gasteiger partial charge in [0, 0.05) is 12.3 Å². The van der Waals surface area contributed by atoms with Crippen LogP contribution in [-0.4, -0.2) is 23.7 Å². The van der Waals surface area contributed by atoms with Gasteiger partial charge < -0.3 is 4.74 Å². The number of rotatable bonds is 1. The van der Waals surface area contributed by atoms with Crippen LogP contribution in [0.4, 0.5) is 0 Å². The number of nitrogens with zero attached hydrogens (tertiary/aromatic N) is 1. The van der Waals surface area contributed by atoms with Crippen molar-refractivity contribution in [1.82, 2.24) is 4.98 Å².